The molecule has 0 radical (unpaired) electrons. The standard InChI is InChI=1S/C22H30ClN3O4S/c1-5-26(6-2)13-14-30-21-10-8-7-9-17(21)16-24-22(27)19-15-18(11-12-20(19)23)31(28,29)25(3)4/h7-12,15H,5-6,13-14,16H2,1-4H3,(H,24,27). The zero-order valence-corrected chi connectivity index (χ0v) is 20.0. The van der Waals surface area contributed by atoms with Gasteiger partial charge in [0.05, 0.1) is 15.5 Å². The summed E-state index contributed by atoms with van der Waals surface area (Å²) in [6.45, 7) is 7.72. The minimum absolute atomic E-state index is 0.00665. The first kappa shape index (κ1) is 25.1. The van der Waals surface area contributed by atoms with Gasteiger partial charge in [-0.15, -0.1) is 0 Å². The molecule has 0 aliphatic rings. The van der Waals surface area contributed by atoms with Gasteiger partial charge in [-0.2, -0.15) is 0 Å². The maximum absolute atomic E-state index is 12.7. The minimum atomic E-state index is -3.67. The van der Waals surface area contributed by atoms with E-state index >= 15 is 0 Å². The molecule has 1 N–H and O–H groups in total. The van der Waals surface area contributed by atoms with Crippen LogP contribution in [0.4, 0.5) is 0 Å². The van der Waals surface area contributed by atoms with Crippen LogP contribution >= 0.6 is 11.6 Å². The van der Waals surface area contributed by atoms with Crippen LogP contribution < -0.4 is 10.1 Å². The molecule has 2 aromatic rings. The van der Waals surface area contributed by atoms with Crippen LogP contribution in [0, 0.1) is 0 Å². The molecule has 7 nitrogen and oxygen atoms in total. The van der Waals surface area contributed by atoms with Crippen LogP contribution in [0.3, 0.4) is 0 Å². The van der Waals surface area contributed by atoms with Gasteiger partial charge in [-0.1, -0.05) is 43.6 Å². The highest BCUT2D eigenvalue weighted by Crippen LogP contribution is 2.23. The molecule has 0 unspecified atom stereocenters. The van der Waals surface area contributed by atoms with Crippen molar-refractivity contribution in [1.29, 1.82) is 0 Å². The molecule has 0 heterocycles. The van der Waals surface area contributed by atoms with Gasteiger partial charge in [0.15, 0.2) is 0 Å². The maximum atomic E-state index is 12.7. The zero-order chi connectivity index (χ0) is 23.0. The molecule has 0 spiro atoms. The van der Waals surface area contributed by atoms with Crippen LogP contribution in [0.1, 0.15) is 29.8 Å². The smallest absolute Gasteiger partial charge is 0.253 e. The van der Waals surface area contributed by atoms with Crippen molar-refractivity contribution in [2.75, 3.05) is 40.3 Å². The van der Waals surface area contributed by atoms with Gasteiger partial charge in [0.1, 0.15) is 12.4 Å². The summed E-state index contributed by atoms with van der Waals surface area (Å²) < 4.78 is 31.7. The molecule has 9 heteroatoms. The van der Waals surface area contributed by atoms with Gasteiger partial charge in [-0.05, 0) is 37.4 Å². The van der Waals surface area contributed by atoms with E-state index in [1.807, 2.05) is 24.3 Å². The minimum Gasteiger partial charge on any atom is -0.492 e. The summed E-state index contributed by atoms with van der Waals surface area (Å²) in [5.74, 6) is 0.240. The van der Waals surface area contributed by atoms with E-state index in [2.05, 4.69) is 24.1 Å². The van der Waals surface area contributed by atoms with E-state index in [0.29, 0.717) is 12.4 Å². The number of nitrogens with one attached hydrogen (secondary N) is 1. The molecule has 0 aliphatic heterocycles. The highest BCUT2D eigenvalue weighted by atomic mass is 35.5. The van der Waals surface area contributed by atoms with E-state index in [9.17, 15) is 13.2 Å². The van der Waals surface area contributed by atoms with E-state index in [1.54, 1.807) is 0 Å². The van der Waals surface area contributed by atoms with Crippen LogP contribution in [0.5, 0.6) is 5.75 Å². The van der Waals surface area contributed by atoms with Crippen LogP contribution in [0.15, 0.2) is 47.4 Å². The normalized spacial score (nSPS) is 11.7. The predicted molar refractivity (Wildman–Crippen MR) is 123 cm³/mol. The molecule has 0 aromatic heterocycles. The topological polar surface area (TPSA) is 79.0 Å². The quantitative estimate of drug-likeness (QED) is 0.548. The summed E-state index contributed by atoms with van der Waals surface area (Å²) >= 11 is 6.16. The summed E-state index contributed by atoms with van der Waals surface area (Å²) in [4.78, 5) is 15.0. The Morgan fingerprint density at radius 2 is 1.77 bits per heavy atom. The lowest BCUT2D eigenvalue weighted by Gasteiger charge is -2.19. The van der Waals surface area contributed by atoms with Crippen LogP contribution in [0.25, 0.3) is 0 Å². The zero-order valence-electron chi connectivity index (χ0n) is 18.4. The fourth-order valence-electron chi connectivity index (χ4n) is 2.94. The SMILES string of the molecule is CCN(CC)CCOc1ccccc1CNC(=O)c1cc(S(=O)(=O)N(C)C)ccc1Cl. The van der Waals surface area contributed by atoms with Gasteiger partial charge in [0.2, 0.25) is 10.0 Å². The fraction of sp³-hybridized carbons (Fsp3) is 0.409. The van der Waals surface area contributed by atoms with Gasteiger partial charge < -0.3 is 15.0 Å². The molecule has 0 saturated carbocycles. The summed E-state index contributed by atoms with van der Waals surface area (Å²) in [6, 6.07) is 11.6. The lowest BCUT2D eigenvalue weighted by atomic mass is 10.1. The van der Waals surface area contributed by atoms with Crippen LogP contribution in [0.2, 0.25) is 5.02 Å². The van der Waals surface area contributed by atoms with Gasteiger partial charge in [-0.3, -0.25) is 4.79 Å². The number of likely N-dealkylation sites (N-methyl/N-ethyl adjacent to an activating group) is 1. The average molecular weight is 468 g/mol. The fourth-order valence-corrected chi connectivity index (χ4v) is 4.07. The molecule has 0 aliphatic carbocycles. The van der Waals surface area contributed by atoms with Gasteiger partial charge in [0.25, 0.3) is 5.91 Å². The second kappa shape index (κ2) is 11.5. The Balaban J connectivity index is 2.10. The first-order valence-corrected chi connectivity index (χ1v) is 12.0. The van der Waals surface area contributed by atoms with Gasteiger partial charge in [0, 0.05) is 32.7 Å². The Bertz CT molecular complexity index is 992. The molecule has 2 aromatic carbocycles. The number of halogens is 1. The number of nitrogens with zero attached hydrogens (tertiary/aromatic N) is 2. The van der Waals surface area contributed by atoms with Gasteiger partial charge in [-0.25, -0.2) is 12.7 Å². The predicted octanol–water partition coefficient (Wildman–Crippen LogP) is 3.24. The van der Waals surface area contributed by atoms with Gasteiger partial charge >= 0.3 is 0 Å². The third kappa shape index (κ3) is 6.67. The van der Waals surface area contributed by atoms with Crippen molar-refractivity contribution in [3.8, 4) is 5.75 Å². The largest absolute Gasteiger partial charge is 0.492 e. The number of hydrogen-bond donors (Lipinski definition) is 1. The molecule has 2 rings (SSSR count). The molecule has 0 bridgehead atoms. The van der Waals surface area contributed by atoms with E-state index in [-0.39, 0.29) is 22.0 Å². The van der Waals surface area contributed by atoms with Crippen molar-refractivity contribution in [3.05, 3.63) is 58.6 Å². The lowest BCUT2D eigenvalue weighted by molar-refractivity contribution is 0.0950. The number of para-hydroxylation sites is 1. The average Bonchev–Trinajstić information content (AvgIpc) is 2.75. The third-order valence-corrected chi connectivity index (χ3v) is 7.07. The van der Waals surface area contributed by atoms with Crippen molar-refractivity contribution in [2.24, 2.45) is 0 Å². The summed E-state index contributed by atoms with van der Waals surface area (Å²) in [7, 11) is -0.812. The Morgan fingerprint density at radius 3 is 2.42 bits per heavy atom. The Labute approximate surface area is 190 Å². The van der Waals surface area contributed by atoms with E-state index < -0.39 is 15.9 Å². The number of sulfonamides is 1. The second-order valence-electron chi connectivity index (χ2n) is 7.09. The molecule has 0 fully saturated rings. The van der Waals surface area contributed by atoms with E-state index in [0.717, 1.165) is 29.5 Å². The summed E-state index contributed by atoms with van der Waals surface area (Å²) in [5, 5.41) is 2.98. The second-order valence-corrected chi connectivity index (χ2v) is 9.65. The number of ether oxygens (including phenoxy) is 1. The van der Waals surface area contributed by atoms with Crippen molar-refractivity contribution in [3.63, 3.8) is 0 Å². The van der Waals surface area contributed by atoms with E-state index in [4.69, 9.17) is 16.3 Å². The van der Waals surface area contributed by atoms with Crippen molar-refractivity contribution in [1.82, 2.24) is 14.5 Å². The Kier molecular flexibility index (Phi) is 9.31. The summed E-state index contributed by atoms with van der Waals surface area (Å²) in [6.07, 6.45) is 0. The van der Waals surface area contributed by atoms with Crippen molar-refractivity contribution >= 4 is 27.5 Å². The monoisotopic (exact) mass is 467 g/mol. The molecular formula is C22H30ClN3O4S. The molecular weight excluding hydrogens is 438 g/mol. The Morgan fingerprint density at radius 1 is 1.10 bits per heavy atom. The Hall–Kier alpha value is -2.13. The lowest BCUT2D eigenvalue weighted by Crippen LogP contribution is -2.28. The third-order valence-electron chi connectivity index (χ3n) is 4.93. The highest BCUT2D eigenvalue weighted by molar-refractivity contribution is 7.89. The van der Waals surface area contributed by atoms with E-state index in [1.165, 1.54) is 32.3 Å². The molecule has 1 amide bonds. The molecule has 0 saturated heterocycles. The maximum Gasteiger partial charge on any atom is 0.253 e. The number of benzene rings is 2. The number of carbonyl (C=O) groups excluding carboxylic acids is 1. The number of rotatable bonds is 11. The number of amides is 1. The van der Waals surface area contributed by atoms with Crippen LogP contribution in [-0.4, -0.2) is 63.9 Å². The summed E-state index contributed by atoms with van der Waals surface area (Å²) in [5.41, 5.74) is 0.924. The molecule has 31 heavy (non-hydrogen) atoms. The molecule has 0 atom stereocenters. The number of carbonyl (C=O) groups is 1. The first-order valence-electron chi connectivity index (χ1n) is 10.1. The highest BCUT2D eigenvalue weighted by Gasteiger charge is 2.21. The molecule has 170 valence electrons. The van der Waals surface area contributed by atoms with Crippen molar-refractivity contribution in [2.45, 2.75) is 25.3 Å². The van der Waals surface area contributed by atoms with Crippen molar-refractivity contribution < 1.29 is 17.9 Å². The number of hydrogen-bond acceptors (Lipinski definition) is 5. The van der Waals surface area contributed by atoms with Crippen LogP contribution in [-0.2, 0) is 16.6 Å². The first-order chi connectivity index (χ1) is 14.7.